The number of hydrogen-bond donors (Lipinski definition) is 1. The van der Waals surface area contributed by atoms with E-state index in [-0.39, 0.29) is 74.7 Å². The molecular weight excluding hydrogens is 720 g/mol. The number of rotatable bonds is 3. The Morgan fingerprint density at radius 1 is 0.667 bits per heavy atom. The molecule has 4 bridgehead atoms. The van der Waals surface area contributed by atoms with E-state index in [9.17, 15) is 14.7 Å². The number of carbonyl (C=O) groups is 2. The molecule has 2 aliphatic carbocycles. The molecule has 0 spiro atoms. The number of benzene rings is 2. The Morgan fingerprint density at radius 3 is 1.58 bits per heavy atom. The number of aliphatic hydroxyl groups is 1. The van der Waals surface area contributed by atoms with Gasteiger partial charge in [0.1, 0.15) is 6.10 Å². The molecule has 9 heteroatoms. The number of fused-ring (bicyclic) bond motifs is 8. The zero-order chi connectivity index (χ0) is 37.7. The molecule has 8 aliphatic heterocycles. The monoisotopic (exact) mass is 784 g/mol. The van der Waals surface area contributed by atoms with Gasteiger partial charge in [-0.25, -0.2) is 4.79 Å². The van der Waals surface area contributed by atoms with Gasteiger partial charge in [-0.05, 0) is 112 Å². The molecule has 1 N–H and O–H groups in total. The Morgan fingerprint density at radius 2 is 1.16 bits per heavy atom. The maximum absolute atomic E-state index is 13.2. The second-order valence-corrected chi connectivity index (χ2v) is 16.9. The Balaban J connectivity index is 0.000000180. The summed E-state index contributed by atoms with van der Waals surface area (Å²) in [6.07, 6.45) is 25.9. The van der Waals surface area contributed by atoms with Crippen molar-refractivity contribution in [3.05, 3.63) is 119 Å². The van der Waals surface area contributed by atoms with Crippen molar-refractivity contribution < 1.29 is 50.4 Å². The van der Waals surface area contributed by atoms with Gasteiger partial charge in [0.25, 0.3) is 0 Å². The van der Waals surface area contributed by atoms with Gasteiger partial charge in [-0.3, -0.25) is 9.69 Å². The molecule has 2 aromatic rings. The quantitative estimate of drug-likeness (QED) is 0.441. The number of carbonyl (C=O) groups excluding carboxylic acids is 2. The predicted octanol–water partition coefficient (Wildman–Crippen LogP) is 5.04. The summed E-state index contributed by atoms with van der Waals surface area (Å²) >= 11 is 0. The van der Waals surface area contributed by atoms with Gasteiger partial charge >= 0.3 is 35.7 Å². The van der Waals surface area contributed by atoms with Gasteiger partial charge in [0.15, 0.2) is 0 Å². The normalized spacial score (nSPS) is 32.5. The van der Waals surface area contributed by atoms with Crippen molar-refractivity contribution in [1.29, 1.82) is 0 Å². The van der Waals surface area contributed by atoms with E-state index in [0.717, 1.165) is 65.0 Å². The Hall–Kier alpha value is -2.98. The Labute approximate surface area is 365 Å². The van der Waals surface area contributed by atoms with Gasteiger partial charge in [-0.15, -0.1) is 0 Å². The summed E-state index contributed by atoms with van der Waals surface area (Å²) in [5, 5.41) is 9.36. The van der Waals surface area contributed by atoms with Crippen LogP contribution in [0.15, 0.2) is 97.1 Å². The Kier molecular flexibility index (Phi) is 15.5. The van der Waals surface area contributed by atoms with Crippen LogP contribution in [0.2, 0.25) is 0 Å². The summed E-state index contributed by atoms with van der Waals surface area (Å²) in [6, 6.07) is 17.4. The molecule has 0 aromatic heterocycles. The predicted molar refractivity (Wildman–Crippen MR) is 225 cm³/mol. The van der Waals surface area contributed by atoms with E-state index in [4.69, 9.17) is 4.74 Å². The van der Waals surface area contributed by atoms with Crippen LogP contribution < -0.4 is 29.6 Å². The fraction of sp³-hybridized carbons (Fsp3) is 0.542. The van der Waals surface area contributed by atoms with Gasteiger partial charge in [0, 0.05) is 44.9 Å². The molecule has 6 atom stereocenters. The zero-order valence-electron chi connectivity index (χ0n) is 34.6. The number of aliphatic hydroxyl groups excluding tert-OH is 1. The number of amides is 2. The topological polar surface area (TPSA) is 76.6 Å². The van der Waals surface area contributed by atoms with Crippen LogP contribution >= 0.6 is 0 Å². The molecule has 2 unspecified atom stereocenters. The third-order valence-corrected chi connectivity index (χ3v) is 13.6. The summed E-state index contributed by atoms with van der Waals surface area (Å²) in [4.78, 5) is 34.0. The van der Waals surface area contributed by atoms with Gasteiger partial charge < -0.3 is 26.0 Å². The molecular formula is C48H65N4NaO4. The van der Waals surface area contributed by atoms with Gasteiger partial charge in [-0.2, -0.15) is 0 Å². The van der Waals surface area contributed by atoms with Crippen molar-refractivity contribution >= 4 is 12.0 Å². The van der Waals surface area contributed by atoms with Crippen LogP contribution in [0.25, 0.3) is 0 Å². The number of hydrogen-bond acceptors (Lipinski definition) is 6. The summed E-state index contributed by atoms with van der Waals surface area (Å²) in [7, 11) is 0. The first-order valence-electron chi connectivity index (χ1n) is 21.1. The number of allylic oxidation sites excluding steroid dienone is 6. The van der Waals surface area contributed by atoms with Gasteiger partial charge in [0.05, 0.1) is 18.2 Å². The van der Waals surface area contributed by atoms with Crippen molar-refractivity contribution in [3.63, 3.8) is 0 Å². The molecule has 8 heterocycles. The fourth-order valence-corrected chi connectivity index (χ4v) is 10.5. The van der Waals surface area contributed by atoms with Crippen LogP contribution in [-0.4, -0.2) is 101 Å². The third kappa shape index (κ3) is 10.1. The first kappa shape index (κ1) is 43.6. The van der Waals surface area contributed by atoms with Crippen LogP contribution in [0.5, 0.6) is 0 Å². The van der Waals surface area contributed by atoms with Crippen LogP contribution in [0.4, 0.5) is 4.79 Å². The van der Waals surface area contributed by atoms with E-state index < -0.39 is 0 Å². The molecule has 2 aromatic carbocycles. The maximum Gasteiger partial charge on any atom is 1.00 e. The number of piperidine rings is 6. The molecule has 10 aliphatic rings. The minimum absolute atomic E-state index is 0. The first-order chi connectivity index (χ1) is 26.9. The summed E-state index contributed by atoms with van der Waals surface area (Å²) in [6.45, 7) is 9.89. The average molecular weight is 785 g/mol. The summed E-state index contributed by atoms with van der Waals surface area (Å²) in [5.41, 5.74) is 5.39. The van der Waals surface area contributed by atoms with E-state index in [2.05, 4.69) is 107 Å². The molecule has 12 rings (SSSR count). The molecule has 2 amide bonds. The van der Waals surface area contributed by atoms with Crippen molar-refractivity contribution in [2.45, 2.75) is 90.0 Å². The van der Waals surface area contributed by atoms with E-state index in [0.29, 0.717) is 23.7 Å². The van der Waals surface area contributed by atoms with Crippen LogP contribution in [0.1, 0.15) is 88.6 Å². The van der Waals surface area contributed by atoms with Crippen LogP contribution in [-0.2, 0) is 22.4 Å². The van der Waals surface area contributed by atoms with Gasteiger partial charge in [-0.1, -0.05) is 105 Å². The Bertz CT molecular complexity index is 1780. The van der Waals surface area contributed by atoms with Crippen LogP contribution in [0.3, 0.4) is 0 Å². The van der Waals surface area contributed by atoms with Crippen molar-refractivity contribution in [1.82, 2.24) is 19.6 Å². The molecule has 57 heavy (non-hydrogen) atoms. The molecule has 8 nitrogen and oxygen atoms in total. The van der Waals surface area contributed by atoms with E-state index >= 15 is 0 Å². The van der Waals surface area contributed by atoms with Crippen LogP contribution in [0, 0.1) is 23.7 Å². The minimum atomic E-state index is -0.115. The first-order valence-corrected chi connectivity index (χ1v) is 21.1. The second kappa shape index (κ2) is 20.3. The van der Waals surface area contributed by atoms with Crippen molar-refractivity contribution in [3.8, 4) is 0 Å². The van der Waals surface area contributed by atoms with E-state index in [1.54, 1.807) is 6.92 Å². The molecule has 0 saturated carbocycles. The number of nitrogens with zero attached hydrogens (tertiary/aromatic N) is 4. The fourth-order valence-electron chi connectivity index (χ4n) is 10.5. The second-order valence-electron chi connectivity index (χ2n) is 16.9. The van der Waals surface area contributed by atoms with E-state index in [1.165, 1.54) is 61.0 Å². The standard InChI is InChI=1S/C23H28N2O2.C17H19NO.C7H13NO.CH4.Na.H/c26-23(27-21-16-24-13-10-18(21)11-14-24)25-15-12-17-6-4-5-9-20(17)22(25)19-7-2-1-3-8-19;1-13(19)18-12-11-14-7-5-6-10-16(14)17(18)15-8-3-2-4-9-15;9-7-5-8-3-1-6(7)2-4-8;;;/h1-7,9,18-19,21-22H,8,10-16H2;2-8,10,15,17H,9,11-12H2,1H3;6-7,9H,1-5H2;1H4;;/q;;;;+1;-1/t19?,21-,22-;15?,17-;7-;;;/m000.../s1. The van der Waals surface area contributed by atoms with Gasteiger partial charge in [0.2, 0.25) is 5.91 Å². The SMILES string of the molecule is C.CC(=O)N1CCc2ccccc2[C@@H]1C1C=CC=CC1.O=C(O[C@H]1CN2CCC1CC2)N1CCc2ccccc2[C@@H]1C1C=CC=CC1.O[C@H]1CN2CCC1CC2.[H-].[Na+]. The van der Waals surface area contributed by atoms with Crippen molar-refractivity contribution in [2.24, 2.45) is 23.7 Å². The maximum atomic E-state index is 13.2. The van der Waals surface area contributed by atoms with E-state index in [1.807, 2.05) is 9.80 Å². The summed E-state index contributed by atoms with van der Waals surface area (Å²) in [5.74, 6) is 2.08. The van der Waals surface area contributed by atoms with Crippen molar-refractivity contribution in [2.75, 3.05) is 52.4 Å². The number of ether oxygens (including phenoxy) is 1. The molecule has 0 radical (unpaired) electrons. The zero-order valence-corrected chi connectivity index (χ0v) is 35.6. The average Bonchev–Trinajstić information content (AvgIpc) is 3.24. The largest absolute Gasteiger partial charge is 1.00 e. The molecule has 6 saturated heterocycles. The third-order valence-electron chi connectivity index (χ3n) is 13.6. The smallest absolute Gasteiger partial charge is 1.00 e. The minimum Gasteiger partial charge on any atom is -1.00 e. The molecule has 302 valence electrons. The summed E-state index contributed by atoms with van der Waals surface area (Å²) < 4.78 is 6.10. The molecule has 6 fully saturated rings.